The molecule has 6 heteroatoms. The molecule has 1 atom stereocenters. The fourth-order valence-electron chi connectivity index (χ4n) is 7.98. The van der Waals surface area contributed by atoms with Crippen molar-refractivity contribution < 1.29 is 0 Å². The Hall–Kier alpha value is -6.89. The maximum absolute atomic E-state index is 5.16. The number of nitrogens with one attached hydrogen (secondary N) is 1. The van der Waals surface area contributed by atoms with Crippen molar-refractivity contribution in [3.8, 4) is 51.0 Å². The average Bonchev–Trinajstić information content (AvgIpc) is 3.80. The Labute approximate surface area is 315 Å². The molecule has 4 heterocycles. The Morgan fingerprint density at radius 2 is 1.04 bits per heavy atom. The molecule has 1 aliphatic heterocycles. The van der Waals surface area contributed by atoms with Gasteiger partial charge in [0.15, 0.2) is 17.5 Å². The third-order valence-corrected chi connectivity index (χ3v) is 11.7. The molecule has 0 aliphatic carbocycles. The van der Waals surface area contributed by atoms with Crippen LogP contribution in [0.15, 0.2) is 176 Å². The van der Waals surface area contributed by atoms with Crippen molar-refractivity contribution in [2.24, 2.45) is 0 Å². The molecule has 254 valence electrons. The van der Waals surface area contributed by atoms with E-state index in [-0.39, 0.29) is 6.04 Å². The van der Waals surface area contributed by atoms with E-state index >= 15 is 0 Å². The predicted molar refractivity (Wildman–Crippen MR) is 223 cm³/mol. The first-order chi connectivity index (χ1) is 26.8. The molecule has 54 heavy (non-hydrogen) atoms. The van der Waals surface area contributed by atoms with Crippen LogP contribution in [0.5, 0.6) is 0 Å². The predicted octanol–water partition coefficient (Wildman–Crippen LogP) is 12.4. The maximum atomic E-state index is 5.16. The molecule has 3 aromatic heterocycles. The summed E-state index contributed by atoms with van der Waals surface area (Å²) in [6.07, 6.45) is 0. The molecule has 10 aromatic rings. The van der Waals surface area contributed by atoms with Crippen LogP contribution in [0.1, 0.15) is 16.5 Å². The van der Waals surface area contributed by atoms with Crippen molar-refractivity contribution >= 4 is 48.9 Å². The first-order valence-electron chi connectivity index (χ1n) is 18.1. The van der Waals surface area contributed by atoms with Gasteiger partial charge in [0.25, 0.3) is 0 Å². The molecule has 1 unspecified atom stereocenters. The highest BCUT2D eigenvalue weighted by Gasteiger charge is 2.29. The highest BCUT2D eigenvalue weighted by atomic mass is 32.1. The number of anilines is 1. The Bertz CT molecular complexity index is 2970. The van der Waals surface area contributed by atoms with Crippen molar-refractivity contribution in [2.75, 3.05) is 5.32 Å². The highest BCUT2D eigenvalue weighted by Crippen LogP contribution is 2.51. The van der Waals surface area contributed by atoms with Crippen LogP contribution < -0.4 is 5.32 Å². The molecule has 0 fully saturated rings. The lowest BCUT2D eigenvalue weighted by Gasteiger charge is -2.28. The fourth-order valence-corrected chi connectivity index (χ4v) is 9.25. The topological polar surface area (TPSA) is 55.6 Å². The van der Waals surface area contributed by atoms with Gasteiger partial charge in [0.05, 0.1) is 17.1 Å². The number of hydrogen-bond donors (Lipinski definition) is 1. The van der Waals surface area contributed by atoms with E-state index in [1.54, 1.807) is 0 Å². The van der Waals surface area contributed by atoms with Crippen LogP contribution in [0.2, 0.25) is 0 Å². The first-order valence-corrected chi connectivity index (χ1v) is 19.0. The van der Waals surface area contributed by atoms with E-state index in [2.05, 4.69) is 168 Å². The monoisotopic (exact) mass is 709 g/mol. The lowest BCUT2D eigenvalue weighted by Crippen LogP contribution is -2.16. The second-order valence-electron chi connectivity index (χ2n) is 13.7. The van der Waals surface area contributed by atoms with Crippen LogP contribution in [-0.4, -0.2) is 19.5 Å². The summed E-state index contributed by atoms with van der Waals surface area (Å²) >= 11 is 1.85. The summed E-state index contributed by atoms with van der Waals surface area (Å²) in [6.45, 7) is 0. The van der Waals surface area contributed by atoms with Gasteiger partial charge in [-0.2, -0.15) is 0 Å². The SMILES string of the molecule is c1ccc(-c2nc(-c3ccc(-n4c5ccccc5c5ccccc54)cc3)nc(-c3ccc4sc5c(c4c3)-c3ccccc3NC5c3ccccc3)n2)cc1. The summed E-state index contributed by atoms with van der Waals surface area (Å²) in [5.74, 6) is 1.93. The van der Waals surface area contributed by atoms with Crippen LogP contribution in [0.25, 0.3) is 82.9 Å². The van der Waals surface area contributed by atoms with E-state index in [1.807, 2.05) is 29.5 Å². The van der Waals surface area contributed by atoms with Crippen LogP contribution >= 0.6 is 11.3 Å². The van der Waals surface area contributed by atoms with Crippen molar-refractivity contribution in [1.82, 2.24) is 19.5 Å². The molecule has 11 rings (SSSR count). The van der Waals surface area contributed by atoms with Crippen LogP contribution in [0.4, 0.5) is 5.69 Å². The molecule has 0 bridgehead atoms. The van der Waals surface area contributed by atoms with E-state index in [0.29, 0.717) is 17.5 Å². The van der Waals surface area contributed by atoms with E-state index in [1.165, 1.54) is 53.5 Å². The summed E-state index contributed by atoms with van der Waals surface area (Å²) in [7, 11) is 0. The summed E-state index contributed by atoms with van der Waals surface area (Å²) < 4.78 is 3.57. The van der Waals surface area contributed by atoms with Gasteiger partial charge in [0.2, 0.25) is 0 Å². The minimum atomic E-state index is 0.0656. The fraction of sp³-hybridized carbons (Fsp3) is 0.0208. The van der Waals surface area contributed by atoms with E-state index < -0.39 is 0 Å². The second-order valence-corrected chi connectivity index (χ2v) is 14.8. The highest BCUT2D eigenvalue weighted by molar-refractivity contribution is 7.19. The normalized spacial score (nSPS) is 13.5. The number of para-hydroxylation sites is 3. The summed E-state index contributed by atoms with van der Waals surface area (Å²) in [5.41, 5.74) is 11.2. The zero-order chi connectivity index (χ0) is 35.6. The van der Waals surface area contributed by atoms with Crippen molar-refractivity contribution in [3.63, 3.8) is 0 Å². The van der Waals surface area contributed by atoms with E-state index in [4.69, 9.17) is 15.0 Å². The molecule has 0 radical (unpaired) electrons. The molecular weight excluding hydrogens is 679 g/mol. The van der Waals surface area contributed by atoms with Crippen molar-refractivity contribution in [1.29, 1.82) is 0 Å². The van der Waals surface area contributed by atoms with Gasteiger partial charge in [-0.15, -0.1) is 11.3 Å². The smallest absolute Gasteiger partial charge is 0.164 e. The molecule has 0 spiro atoms. The van der Waals surface area contributed by atoms with Crippen LogP contribution in [0.3, 0.4) is 0 Å². The van der Waals surface area contributed by atoms with Gasteiger partial charge in [-0.1, -0.05) is 115 Å². The van der Waals surface area contributed by atoms with Gasteiger partial charge < -0.3 is 9.88 Å². The number of nitrogens with zero attached hydrogens (tertiary/aromatic N) is 4. The molecule has 7 aromatic carbocycles. The second kappa shape index (κ2) is 12.4. The number of thiophene rings is 1. The summed E-state index contributed by atoms with van der Waals surface area (Å²) in [6, 6.07) is 62.0. The number of aromatic nitrogens is 4. The number of hydrogen-bond acceptors (Lipinski definition) is 5. The lowest BCUT2D eigenvalue weighted by atomic mass is 9.90. The van der Waals surface area contributed by atoms with Gasteiger partial charge in [-0.25, -0.2) is 15.0 Å². The van der Waals surface area contributed by atoms with Crippen LogP contribution in [-0.2, 0) is 0 Å². The lowest BCUT2D eigenvalue weighted by molar-refractivity contribution is 0.956. The molecule has 1 N–H and O–H groups in total. The Kier molecular flexibility index (Phi) is 7.03. The summed E-state index contributed by atoms with van der Waals surface area (Å²) in [4.78, 5) is 16.6. The molecular formula is C48H31N5S. The average molecular weight is 710 g/mol. The standard InChI is InChI=1S/C48H31N5S/c1-3-13-30(14-4-1)44-45-43(37-19-7-10-20-39(37)49-44)38-29-33(25-28-42(38)54-45)48-51-46(31-15-5-2-6-16-31)50-47(52-48)32-23-26-34(27-24-32)53-40-21-11-8-17-35(40)36-18-9-12-22-41(36)53/h1-29,44,49H. The molecule has 0 amide bonds. The number of rotatable bonds is 5. The zero-order valence-electron chi connectivity index (χ0n) is 29.0. The Balaban J connectivity index is 1.05. The van der Waals surface area contributed by atoms with E-state index in [0.717, 1.165) is 28.1 Å². The zero-order valence-corrected chi connectivity index (χ0v) is 29.8. The van der Waals surface area contributed by atoms with Gasteiger partial charge >= 0.3 is 0 Å². The van der Waals surface area contributed by atoms with Gasteiger partial charge in [0, 0.05) is 64.9 Å². The molecule has 0 saturated heterocycles. The molecule has 0 saturated carbocycles. The minimum Gasteiger partial charge on any atom is -0.373 e. The molecule has 1 aliphatic rings. The third-order valence-electron chi connectivity index (χ3n) is 10.5. The van der Waals surface area contributed by atoms with E-state index in [9.17, 15) is 0 Å². The van der Waals surface area contributed by atoms with Gasteiger partial charge in [-0.3, -0.25) is 0 Å². The number of fused-ring (bicyclic) bond motifs is 8. The quantitative estimate of drug-likeness (QED) is 0.193. The first kappa shape index (κ1) is 30.7. The van der Waals surface area contributed by atoms with Gasteiger partial charge in [-0.05, 0) is 66.2 Å². The largest absolute Gasteiger partial charge is 0.373 e. The Morgan fingerprint density at radius 3 is 1.74 bits per heavy atom. The summed E-state index contributed by atoms with van der Waals surface area (Å²) in [5, 5.41) is 7.53. The Morgan fingerprint density at radius 1 is 0.481 bits per heavy atom. The molecule has 5 nitrogen and oxygen atoms in total. The maximum Gasteiger partial charge on any atom is 0.164 e. The van der Waals surface area contributed by atoms with Gasteiger partial charge in [0.1, 0.15) is 0 Å². The number of benzene rings is 7. The van der Waals surface area contributed by atoms with Crippen LogP contribution in [0, 0.1) is 0 Å². The van der Waals surface area contributed by atoms with Crippen molar-refractivity contribution in [3.05, 3.63) is 186 Å². The third kappa shape index (κ3) is 4.95. The van der Waals surface area contributed by atoms with Crippen molar-refractivity contribution in [2.45, 2.75) is 6.04 Å². The minimum absolute atomic E-state index is 0.0656.